The molecule has 0 heterocycles. The van der Waals surface area contributed by atoms with E-state index < -0.39 is 17.6 Å². The van der Waals surface area contributed by atoms with Crippen LogP contribution < -0.4 is 15.5 Å². The van der Waals surface area contributed by atoms with E-state index in [1.165, 1.54) is 18.3 Å². The molecule has 0 aliphatic carbocycles. The number of benzene rings is 2. The molecule has 25 heavy (non-hydrogen) atoms. The number of carbonyl (C=O) groups excluding carboxylic acids is 2. The van der Waals surface area contributed by atoms with Gasteiger partial charge >= 0.3 is 0 Å². The second-order valence-corrected chi connectivity index (χ2v) is 5.26. The van der Waals surface area contributed by atoms with Crippen molar-refractivity contribution in [2.75, 3.05) is 13.7 Å². The summed E-state index contributed by atoms with van der Waals surface area (Å²) in [5.74, 6) is -1.46. The van der Waals surface area contributed by atoms with Crippen molar-refractivity contribution in [1.82, 2.24) is 10.7 Å². The molecule has 0 atom stereocenters. The van der Waals surface area contributed by atoms with Gasteiger partial charge in [0.25, 0.3) is 11.8 Å². The molecule has 2 amide bonds. The van der Waals surface area contributed by atoms with Gasteiger partial charge in [-0.15, -0.1) is 0 Å². The number of rotatable bonds is 6. The summed E-state index contributed by atoms with van der Waals surface area (Å²) in [5.41, 5.74) is 2.67. The number of amides is 2. The van der Waals surface area contributed by atoms with Gasteiger partial charge in [0.05, 0.1) is 30.5 Å². The van der Waals surface area contributed by atoms with Crippen LogP contribution >= 0.6 is 11.6 Å². The van der Waals surface area contributed by atoms with Crippen LogP contribution in [0.5, 0.6) is 5.75 Å². The van der Waals surface area contributed by atoms with E-state index in [1.807, 2.05) is 0 Å². The fourth-order valence-electron chi connectivity index (χ4n) is 1.90. The average molecular weight is 364 g/mol. The molecule has 0 saturated heterocycles. The number of methoxy groups -OCH3 is 1. The first kappa shape index (κ1) is 18.4. The number of halogens is 2. The standard InChI is InChI=1S/C17H15ClFN3O3/c1-25-12-5-2-4-11(8-12)9-21-22-15(23)10-20-17(24)16-13(18)6-3-7-14(16)19/h2-9H,10H2,1H3,(H,20,24)(H,22,23)/b21-9-. The Balaban J connectivity index is 1.86. The third-order valence-corrected chi connectivity index (χ3v) is 3.41. The van der Waals surface area contributed by atoms with Gasteiger partial charge in [0, 0.05) is 0 Å². The zero-order chi connectivity index (χ0) is 18.2. The lowest BCUT2D eigenvalue weighted by Crippen LogP contribution is -2.35. The zero-order valence-electron chi connectivity index (χ0n) is 13.3. The Morgan fingerprint density at radius 1 is 1.28 bits per heavy atom. The minimum absolute atomic E-state index is 0.0334. The molecule has 2 N–H and O–H groups in total. The maximum atomic E-state index is 13.6. The summed E-state index contributed by atoms with van der Waals surface area (Å²) in [6.07, 6.45) is 1.43. The Bertz CT molecular complexity index is 791. The minimum atomic E-state index is -0.782. The van der Waals surface area contributed by atoms with E-state index in [4.69, 9.17) is 16.3 Å². The summed E-state index contributed by atoms with van der Waals surface area (Å²) in [4.78, 5) is 23.6. The number of hydrogen-bond donors (Lipinski definition) is 2. The summed E-state index contributed by atoms with van der Waals surface area (Å²) in [7, 11) is 1.54. The van der Waals surface area contributed by atoms with Crippen molar-refractivity contribution in [2.24, 2.45) is 5.10 Å². The Morgan fingerprint density at radius 2 is 2.04 bits per heavy atom. The predicted molar refractivity (Wildman–Crippen MR) is 92.5 cm³/mol. The van der Waals surface area contributed by atoms with E-state index in [0.29, 0.717) is 5.75 Å². The zero-order valence-corrected chi connectivity index (χ0v) is 14.0. The molecular weight excluding hydrogens is 349 g/mol. The molecule has 0 unspecified atom stereocenters. The lowest BCUT2D eigenvalue weighted by Gasteiger charge is -2.06. The van der Waals surface area contributed by atoms with Gasteiger partial charge in [0.15, 0.2) is 0 Å². The fourth-order valence-corrected chi connectivity index (χ4v) is 2.15. The molecule has 2 aromatic carbocycles. The summed E-state index contributed by atoms with van der Waals surface area (Å²) in [6.45, 7) is -0.376. The Labute approximate surface area is 148 Å². The predicted octanol–water partition coefficient (Wildman–Crippen LogP) is 2.37. The Hall–Kier alpha value is -2.93. The molecule has 0 aliphatic rings. The topological polar surface area (TPSA) is 79.8 Å². The van der Waals surface area contributed by atoms with Gasteiger partial charge < -0.3 is 10.1 Å². The summed E-state index contributed by atoms with van der Waals surface area (Å²) >= 11 is 5.78. The van der Waals surface area contributed by atoms with Crippen LogP contribution in [0.25, 0.3) is 0 Å². The summed E-state index contributed by atoms with van der Waals surface area (Å²) < 4.78 is 18.7. The van der Waals surface area contributed by atoms with E-state index in [-0.39, 0.29) is 17.1 Å². The first-order valence-corrected chi connectivity index (χ1v) is 7.57. The van der Waals surface area contributed by atoms with Crippen molar-refractivity contribution in [1.29, 1.82) is 0 Å². The second kappa shape index (κ2) is 8.79. The highest BCUT2D eigenvalue weighted by Gasteiger charge is 2.16. The van der Waals surface area contributed by atoms with Crippen LogP contribution in [0, 0.1) is 5.82 Å². The number of nitrogens with zero attached hydrogens (tertiary/aromatic N) is 1. The van der Waals surface area contributed by atoms with Crippen LogP contribution in [0.4, 0.5) is 4.39 Å². The Morgan fingerprint density at radius 3 is 2.76 bits per heavy atom. The van der Waals surface area contributed by atoms with Crippen LogP contribution in [0.3, 0.4) is 0 Å². The molecule has 8 heteroatoms. The van der Waals surface area contributed by atoms with Gasteiger partial charge in [0.2, 0.25) is 0 Å². The van der Waals surface area contributed by atoms with E-state index >= 15 is 0 Å². The molecule has 0 radical (unpaired) electrons. The van der Waals surface area contributed by atoms with Gasteiger partial charge in [-0.1, -0.05) is 29.8 Å². The second-order valence-electron chi connectivity index (χ2n) is 4.85. The first-order chi connectivity index (χ1) is 12.0. The van der Waals surface area contributed by atoms with Crippen molar-refractivity contribution >= 4 is 29.6 Å². The van der Waals surface area contributed by atoms with Crippen LogP contribution in [-0.2, 0) is 4.79 Å². The van der Waals surface area contributed by atoms with Crippen LogP contribution in [0.1, 0.15) is 15.9 Å². The van der Waals surface area contributed by atoms with E-state index in [9.17, 15) is 14.0 Å². The van der Waals surface area contributed by atoms with Crippen LogP contribution in [-0.4, -0.2) is 31.7 Å². The highest BCUT2D eigenvalue weighted by molar-refractivity contribution is 6.33. The average Bonchev–Trinajstić information content (AvgIpc) is 2.60. The van der Waals surface area contributed by atoms with Crippen molar-refractivity contribution in [3.05, 3.63) is 64.4 Å². The maximum Gasteiger partial charge on any atom is 0.259 e. The fraction of sp³-hybridized carbons (Fsp3) is 0.118. The highest BCUT2D eigenvalue weighted by atomic mass is 35.5. The molecule has 0 aromatic heterocycles. The first-order valence-electron chi connectivity index (χ1n) is 7.19. The Kier molecular flexibility index (Phi) is 6.47. The molecular formula is C17H15ClFN3O3. The van der Waals surface area contributed by atoms with Crippen LogP contribution in [0.2, 0.25) is 5.02 Å². The molecule has 2 aromatic rings. The molecule has 0 aliphatic heterocycles. The van der Waals surface area contributed by atoms with E-state index in [0.717, 1.165) is 11.6 Å². The summed E-state index contributed by atoms with van der Waals surface area (Å²) in [5, 5.41) is 6.02. The van der Waals surface area contributed by atoms with Gasteiger partial charge in [-0.05, 0) is 29.8 Å². The van der Waals surface area contributed by atoms with Gasteiger partial charge in [-0.3, -0.25) is 9.59 Å². The molecule has 0 saturated carbocycles. The third kappa shape index (κ3) is 5.29. The lowest BCUT2D eigenvalue weighted by atomic mass is 10.2. The van der Waals surface area contributed by atoms with Gasteiger partial charge in [-0.2, -0.15) is 5.10 Å². The smallest absolute Gasteiger partial charge is 0.259 e. The number of nitrogens with one attached hydrogen (secondary N) is 2. The van der Waals surface area contributed by atoms with Crippen molar-refractivity contribution in [3.63, 3.8) is 0 Å². The van der Waals surface area contributed by atoms with Crippen molar-refractivity contribution in [3.8, 4) is 5.75 Å². The number of ether oxygens (including phenoxy) is 1. The molecule has 130 valence electrons. The normalized spacial score (nSPS) is 10.5. The lowest BCUT2D eigenvalue weighted by molar-refractivity contribution is -0.120. The molecule has 6 nitrogen and oxygen atoms in total. The van der Waals surface area contributed by atoms with Gasteiger partial charge in [-0.25, -0.2) is 9.82 Å². The largest absolute Gasteiger partial charge is 0.497 e. The number of hydrazone groups is 1. The number of hydrogen-bond acceptors (Lipinski definition) is 4. The minimum Gasteiger partial charge on any atom is -0.497 e. The third-order valence-electron chi connectivity index (χ3n) is 3.10. The van der Waals surface area contributed by atoms with Crippen LogP contribution in [0.15, 0.2) is 47.6 Å². The quantitative estimate of drug-likeness (QED) is 0.611. The maximum absolute atomic E-state index is 13.6. The highest BCUT2D eigenvalue weighted by Crippen LogP contribution is 2.18. The van der Waals surface area contributed by atoms with E-state index in [1.54, 1.807) is 31.4 Å². The SMILES string of the molecule is COc1cccc(/C=N\NC(=O)CNC(=O)c2c(F)cccc2Cl)c1. The summed E-state index contributed by atoms with van der Waals surface area (Å²) in [6, 6.07) is 10.9. The molecule has 0 bridgehead atoms. The molecule has 2 rings (SSSR count). The van der Waals surface area contributed by atoms with Crippen molar-refractivity contribution < 1.29 is 18.7 Å². The van der Waals surface area contributed by atoms with Gasteiger partial charge in [0.1, 0.15) is 11.6 Å². The molecule has 0 spiro atoms. The van der Waals surface area contributed by atoms with Crippen molar-refractivity contribution in [2.45, 2.75) is 0 Å². The monoisotopic (exact) mass is 363 g/mol. The number of carbonyl (C=O) groups is 2. The molecule has 0 fully saturated rings. The van der Waals surface area contributed by atoms with E-state index in [2.05, 4.69) is 15.8 Å².